The van der Waals surface area contributed by atoms with Crippen LogP contribution in [0.15, 0.2) is 18.5 Å². The van der Waals surface area contributed by atoms with Crippen molar-refractivity contribution >= 4 is 11.9 Å². The van der Waals surface area contributed by atoms with Crippen LogP contribution in [-0.2, 0) is 4.79 Å². The molecule has 1 aliphatic heterocycles. The number of carbonyl (C=O) groups is 1. The fraction of sp³-hybridized carbons (Fsp3) is 0.706. The number of aliphatic hydroxyl groups excluding tert-OH is 1. The summed E-state index contributed by atoms with van der Waals surface area (Å²) < 4.78 is 0. The molecule has 0 unspecified atom stereocenters. The van der Waals surface area contributed by atoms with E-state index in [0.717, 1.165) is 39.0 Å². The summed E-state index contributed by atoms with van der Waals surface area (Å²) in [6, 6.07) is 1.49. The number of anilines is 1. The van der Waals surface area contributed by atoms with E-state index in [1.807, 2.05) is 20.9 Å². The van der Waals surface area contributed by atoms with E-state index >= 15 is 0 Å². The minimum atomic E-state index is -0.270. The summed E-state index contributed by atoms with van der Waals surface area (Å²) in [7, 11) is 1.98. The Hall–Kier alpha value is -1.57. The maximum absolute atomic E-state index is 12.3. The Morgan fingerprint density at radius 2 is 2.00 bits per heavy atom. The molecule has 2 N–H and O–H groups in total. The molecule has 24 heavy (non-hydrogen) atoms. The molecule has 1 aromatic rings. The Bertz CT molecular complexity index is 503. The molecule has 2 heterocycles. The molecular formula is C17H29N5O2. The van der Waals surface area contributed by atoms with Crippen LogP contribution in [0, 0.1) is 5.92 Å². The van der Waals surface area contributed by atoms with Crippen LogP contribution >= 0.6 is 0 Å². The van der Waals surface area contributed by atoms with E-state index in [-0.39, 0.29) is 18.1 Å². The highest BCUT2D eigenvalue weighted by atomic mass is 16.3. The number of hydrogen-bond donors (Lipinski definition) is 2. The average Bonchev–Trinajstić information content (AvgIpc) is 2.56. The maximum Gasteiger partial charge on any atom is 0.243 e. The number of β-amino-alcohol motifs (C(OH)–C–C–N with tert-alkyl or cyclic N) is 1. The summed E-state index contributed by atoms with van der Waals surface area (Å²) in [6.07, 6.45) is 5.16. The Kier molecular flexibility index (Phi) is 7.08. The lowest BCUT2D eigenvalue weighted by Gasteiger charge is -2.35. The predicted molar refractivity (Wildman–Crippen MR) is 93.6 cm³/mol. The summed E-state index contributed by atoms with van der Waals surface area (Å²) in [6.45, 7) is 7.41. The molecule has 1 saturated heterocycles. The van der Waals surface area contributed by atoms with Crippen molar-refractivity contribution in [2.24, 2.45) is 5.92 Å². The van der Waals surface area contributed by atoms with Gasteiger partial charge in [-0.1, -0.05) is 0 Å². The number of piperidine rings is 1. The number of hydrogen-bond acceptors (Lipinski definition) is 6. The Balaban J connectivity index is 1.75. The van der Waals surface area contributed by atoms with Crippen molar-refractivity contribution < 1.29 is 9.90 Å². The van der Waals surface area contributed by atoms with Crippen LogP contribution in [0.5, 0.6) is 0 Å². The Morgan fingerprint density at radius 1 is 1.38 bits per heavy atom. The van der Waals surface area contributed by atoms with Gasteiger partial charge in [0.2, 0.25) is 11.9 Å². The molecule has 1 aliphatic rings. The second kappa shape index (κ2) is 9.05. The van der Waals surface area contributed by atoms with Crippen molar-refractivity contribution in [3.8, 4) is 0 Å². The normalized spacial score (nSPS) is 19.2. The van der Waals surface area contributed by atoms with E-state index in [1.54, 1.807) is 18.5 Å². The number of nitrogens with zero attached hydrogens (tertiary/aromatic N) is 4. The molecule has 7 nitrogen and oxygen atoms in total. The van der Waals surface area contributed by atoms with Gasteiger partial charge in [0.1, 0.15) is 0 Å². The molecular weight excluding hydrogens is 306 g/mol. The number of likely N-dealkylation sites (N-methyl/N-ethyl adjacent to an activating group) is 1. The van der Waals surface area contributed by atoms with Crippen molar-refractivity contribution in [1.29, 1.82) is 0 Å². The first-order valence-corrected chi connectivity index (χ1v) is 8.64. The molecule has 7 heteroatoms. The number of nitrogens with one attached hydrogen (secondary N) is 1. The SMILES string of the molecule is C[C@H](C(=O)Nc1ncccn1)N(C)CC1CCN(C[C@@H](C)O)CC1. The van der Waals surface area contributed by atoms with Gasteiger partial charge >= 0.3 is 0 Å². The molecule has 1 aromatic heterocycles. The zero-order valence-electron chi connectivity index (χ0n) is 14.9. The van der Waals surface area contributed by atoms with Crippen molar-refractivity contribution in [1.82, 2.24) is 19.8 Å². The molecule has 0 bridgehead atoms. The largest absolute Gasteiger partial charge is 0.392 e. The first-order chi connectivity index (χ1) is 11.5. The highest BCUT2D eigenvalue weighted by Crippen LogP contribution is 2.19. The van der Waals surface area contributed by atoms with E-state index in [1.165, 1.54) is 0 Å². The highest BCUT2D eigenvalue weighted by Gasteiger charge is 2.25. The smallest absolute Gasteiger partial charge is 0.243 e. The second-order valence-electron chi connectivity index (χ2n) is 6.77. The van der Waals surface area contributed by atoms with Gasteiger partial charge in [-0.3, -0.25) is 15.0 Å². The first kappa shape index (κ1) is 18.8. The minimum Gasteiger partial charge on any atom is -0.392 e. The standard InChI is InChI=1S/C17H29N5O2/c1-13(23)11-22-9-5-15(6-10-22)12-21(3)14(2)16(24)20-17-18-7-4-8-19-17/h4,7-8,13-15,23H,5-6,9-12H2,1-3H3,(H,18,19,20,24)/t13-,14-/m1/s1. The van der Waals surface area contributed by atoms with Gasteiger partial charge in [-0.25, -0.2) is 9.97 Å². The lowest BCUT2D eigenvalue weighted by Crippen LogP contribution is -2.45. The molecule has 2 rings (SSSR count). The van der Waals surface area contributed by atoms with Crippen molar-refractivity contribution in [2.75, 3.05) is 38.5 Å². The number of rotatable bonds is 7. The van der Waals surface area contributed by atoms with Crippen molar-refractivity contribution in [3.63, 3.8) is 0 Å². The average molecular weight is 335 g/mol. The zero-order chi connectivity index (χ0) is 17.5. The third-order valence-electron chi connectivity index (χ3n) is 4.62. The second-order valence-corrected chi connectivity index (χ2v) is 6.77. The number of likely N-dealkylation sites (tertiary alicyclic amines) is 1. The van der Waals surface area contributed by atoms with Crippen LogP contribution in [0.3, 0.4) is 0 Å². The number of amides is 1. The van der Waals surface area contributed by atoms with E-state index in [4.69, 9.17) is 0 Å². The van der Waals surface area contributed by atoms with Crippen LogP contribution in [0.4, 0.5) is 5.95 Å². The fourth-order valence-corrected chi connectivity index (χ4v) is 3.07. The summed E-state index contributed by atoms with van der Waals surface area (Å²) in [5.41, 5.74) is 0. The number of carbonyl (C=O) groups excluding carboxylic acids is 1. The quantitative estimate of drug-likeness (QED) is 0.768. The lowest BCUT2D eigenvalue weighted by atomic mass is 9.95. The van der Waals surface area contributed by atoms with Crippen LogP contribution in [0.25, 0.3) is 0 Å². The molecule has 0 saturated carbocycles. The summed E-state index contributed by atoms with van der Waals surface area (Å²) >= 11 is 0. The topological polar surface area (TPSA) is 81.6 Å². The predicted octanol–water partition coefficient (Wildman–Crippen LogP) is 0.828. The highest BCUT2D eigenvalue weighted by molar-refractivity contribution is 5.92. The molecule has 2 atom stereocenters. The van der Waals surface area contributed by atoms with Gasteiger partial charge < -0.3 is 10.0 Å². The maximum atomic E-state index is 12.3. The fourth-order valence-electron chi connectivity index (χ4n) is 3.07. The first-order valence-electron chi connectivity index (χ1n) is 8.64. The van der Waals surface area contributed by atoms with Gasteiger partial charge in [0.15, 0.2) is 0 Å². The van der Waals surface area contributed by atoms with Crippen LogP contribution in [0.2, 0.25) is 0 Å². The van der Waals surface area contributed by atoms with Crippen molar-refractivity contribution in [2.45, 2.75) is 38.8 Å². The molecule has 0 radical (unpaired) electrons. The van der Waals surface area contributed by atoms with Crippen molar-refractivity contribution in [3.05, 3.63) is 18.5 Å². The van der Waals surface area contributed by atoms with Gasteiger partial charge in [0.05, 0.1) is 12.1 Å². The van der Waals surface area contributed by atoms with Gasteiger partial charge in [0.25, 0.3) is 0 Å². The molecule has 1 fully saturated rings. The minimum absolute atomic E-state index is 0.0877. The summed E-state index contributed by atoms with van der Waals surface area (Å²) in [5.74, 6) is 0.841. The van der Waals surface area contributed by atoms with Gasteiger partial charge in [-0.2, -0.15) is 0 Å². The van der Waals surface area contributed by atoms with Gasteiger partial charge in [-0.05, 0) is 58.8 Å². The number of aromatic nitrogens is 2. The number of aliphatic hydroxyl groups is 1. The Labute approximate surface area is 144 Å². The van der Waals surface area contributed by atoms with Gasteiger partial charge in [0, 0.05) is 25.5 Å². The Morgan fingerprint density at radius 3 is 2.58 bits per heavy atom. The molecule has 0 spiro atoms. The summed E-state index contributed by atoms with van der Waals surface area (Å²) in [4.78, 5) is 24.7. The van der Waals surface area contributed by atoms with E-state index < -0.39 is 0 Å². The van der Waals surface area contributed by atoms with Crippen LogP contribution in [0.1, 0.15) is 26.7 Å². The molecule has 0 aromatic carbocycles. The summed E-state index contributed by atoms with van der Waals surface area (Å²) in [5, 5.41) is 12.2. The molecule has 1 amide bonds. The molecule has 0 aliphatic carbocycles. The zero-order valence-corrected chi connectivity index (χ0v) is 14.9. The van der Waals surface area contributed by atoms with Crippen LogP contribution in [-0.4, -0.2) is 76.2 Å². The monoisotopic (exact) mass is 335 g/mol. The van der Waals surface area contributed by atoms with Gasteiger partial charge in [-0.15, -0.1) is 0 Å². The van der Waals surface area contributed by atoms with E-state index in [2.05, 4.69) is 25.1 Å². The van der Waals surface area contributed by atoms with E-state index in [0.29, 0.717) is 11.9 Å². The third kappa shape index (κ3) is 5.81. The third-order valence-corrected chi connectivity index (χ3v) is 4.62. The van der Waals surface area contributed by atoms with Crippen LogP contribution < -0.4 is 5.32 Å². The molecule has 134 valence electrons. The van der Waals surface area contributed by atoms with E-state index in [9.17, 15) is 9.90 Å². The lowest BCUT2D eigenvalue weighted by molar-refractivity contribution is -0.120.